The van der Waals surface area contributed by atoms with Gasteiger partial charge in [0.1, 0.15) is 17.1 Å². The fraction of sp³-hybridized carbons (Fsp3) is 0.500. The quantitative estimate of drug-likeness (QED) is 0.265. The lowest BCUT2D eigenvalue weighted by atomic mass is 9.93. The van der Waals surface area contributed by atoms with Crippen molar-refractivity contribution in [2.75, 3.05) is 29.9 Å². The Labute approximate surface area is 261 Å². The Balaban J connectivity index is 1.66. The van der Waals surface area contributed by atoms with Crippen LogP contribution in [0.3, 0.4) is 0 Å². The predicted molar refractivity (Wildman–Crippen MR) is 171 cm³/mol. The zero-order valence-electron chi connectivity index (χ0n) is 26.4. The van der Waals surface area contributed by atoms with Crippen molar-refractivity contribution >= 4 is 51.9 Å². The van der Waals surface area contributed by atoms with Gasteiger partial charge in [0, 0.05) is 48.1 Å². The number of fused-ring (bicyclic) bond motifs is 1. The molecule has 0 aromatic carbocycles. The van der Waals surface area contributed by atoms with Crippen LogP contribution in [0.2, 0.25) is 0 Å². The summed E-state index contributed by atoms with van der Waals surface area (Å²) in [6.45, 7) is 14.7. The highest BCUT2D eigenvalue weighted by Gasteiger charge is 2.26. The molecule has 0 radical (unpaired) electrons. The van der Waals surface area contributed by atoms with Crippen LogP contribution >= 0.6 is 11.3 Å². The van der Waals surface area contributed by atoms with E-state index in [4.69, 9.17) is 14.5 Å². The van der Waals surface area contributed by atoms with Gasteiger partial charge in [0.2, 0.25) is 0 Å². The van der Waals surface area contributed by atoms with Gasteiger partial charge in [-0.3, -0.25) is 24.1 Å². The minimum absolute atomic E-state index is 0.146. The molecule has 1 aliphatic heterocycles. The predicted octanol–water partition coefficient (Wildman–Crippen LogP) is 5.23. The first-order chi connectivity index (χ1) is 20.6. The maximum atomic E-state index is 13.8. The Morgan fingerprint density at radius 1 is 1.11 bits per heavy atom. The number of hydrogen-bond donors (Lipinski definition) is 1. The molecule has 0 unspecified atom stereocenters. The highest BCUT2D eigenvalue weighted by Crippen LogP contribution is 2.28. The number of rotatable bonds is 8. The van der Waals surface area contributed by atoms with Crippen LogP contribution in [0.4, 0.5) is 10.9 Å². The third-order valence-corrected chi connectivity index (χ3v) is 7.83. The van der Waals surface area contributed by atoms with Crippen molar-refractivity contribution in [3.63, 3.8) is 0 Å². The van der Waals surface area contributed by atoms with E-state index in [2.05, 4.69) is 31.1 Å². The molecule has 11 nitrogen and oxygen atoms in total. The van der Waals surface area contributed by atoms with Crippen molar-refractivity contribution in [3.8, 4) is 0 Å². The highest BCUT2D eigenvalue weighted by atomic mass is 32.1. The molecule has 12 heteroatoms. The molecule has 1 fully saturated rings. The van der Waals surface area contributed by atoms with Crippen LogP contribution in [0.25, 0.3) is 11.7 Å². The highest BCUT2D eigenvalue weighted by molar-refractivity contribution is 7.14. The Kier molecular flexibility index (Phi) is 9.92. The van der Waals surface area contributed by atoms with Crippen molar-refractivity contribution in [1.82, 2.24) is 14.4 Å². The van der Waals surface area contributed by atoms with Gasteiger partial charge in [-0.2, -0.15) is 0 Å². The molecule has 1 saturated heterocycles. The number of hydrogen-bond acceptors (Lipinski definition) is 10. The van der Waals surface area contributed by atoms with Crippen molar-refractivity contribution in [2.24, 2.45) is 5.92 Å². The molecule has 1 amide bonds. The molecule has 1 N–H and O–H groups in total. The number of esters is 2. The van der Waals surface area contributed by atoms with Crippen molar-refractivity contribution in [3.05, 3.63) is 57.0 Å². The molecule has 0 atom stereocenters. The van der Waals surface area contributed by atoms with Gasteiger partial charge < -0.3 is 14.4 Å². The topological polar surface area (TPSA) is 132 Å². The summed E-state index contributed by atoms with van der Waals surface area (Å²) in [4.78, 5) is 62.7. The van der Waals surface area contributed by atoms with E-state index in [0.29, 0.717) is 55.5 Å². The lowest BCUT2D eigenvalue weighted by Crippen LogP contribution is -2.37. The summed E-state index contributed by atoms with van der Waals surface area (Å²) >= 11 is 1.35. The molecule has 0 saturated carbocycles. The molecule has 236 valence electrons. The zero-order valence-corrected chi connectivity index (χ0v) is 27.2. The number of thiazole rings is 1. The Morgan fingerprint density at radius 2 is 1.82 bits per heavy atom. The minimum Gasteiger partial charge on any atom is -0.466 e. The minimum atomic E-state index is -0.689. The van der Waals surface area contributed by atoms with Crippen LogP contribution in [-0.2, 0) is 24.5 Å². The molecular weight excluding hydrogens is 582 g/mol. The molecule has 1 aliphatic rings. The summed E-state index contributed by atoms with van der Waals surface area (Å²) in [5.41, 5.74) is 0.494. The molecule has 44 heavy (non-hydrogen) atoms. The second-order valence-electron chi connectivity index (χ2n) is 12.8. The van der Waals surface area contributed by atoms with Gasteiger partial charge in [-0.15, -0.1) is 11.3 Å². The zero-order chi connectivity index (χ0) is 32.2. The lowest BCUT2D eigenvalue weighted by Gasteiger charge is -2.33. The number of piperidine rings is 1. The standard InChI is InChI=1S/C32H41N5O6S/c1-8-42-26(39)17-20-11-14-36(15-12-20)27-22(9-10-25(38)43-32(5,6)7)29(41)37-16-13-21(18-24(37)34-27)28(40)35-30-33-23(19-44-30)31(2,3)4/h9-10,13,16,18-20H,8,11-12,14-15,17H2,1-7H3,(H,33,35,40). The summed E-state index contributed by atoms with van der Waals surface area (Å²) in [5, 5.41) is 5.25. The monoisotopic (exact) mass is 623 g/mol. The number of amides is 1. The van der Waals surface area contributed by atoms with Crippen LogP contribution in [0.1, 0.15) is 89.3 Å². The third kappa shape index (κ3) is 8.31. The summed E-state index contributed by atoms with van der Waals surface area (Å²) < 4.78 is 11.9. The SMILES string of the molecule is CCOC(=O)CC1CCN(c2nc3cc(C(=O)Nc4nc(C(C)(C)C)cs4)ccn3c(=O)c2C=CC(=O)OC(C)(C)C)CC1. The Bertz CT molecular complexity index is 1620. The van der Waals surface area contributed by atoms with E-state index in [-0.39, 0.29) is 40.0 Å². The number of carbonyl (C=O) groups is 3. The first kappa shape index (κ1) is 32.8. The average molecular weight is 624 g/mol. The fourth-order valence-electron chi connectivity index (χ4n) is 4.80. The molecule has 0 spiro atoms. The van der Waals surface area contributed by atoms with E-state index in [1.165, 1.54) is 34.1 Å². The average Bonchev–Trinajstić information content (AvgIpc) is 3.41. The van der Waals surface area contributed by atoms with Gasteiger partial charge >= 0.3 is 11.9 Å². The second-order valence-corrected chi connectivity index (χ2v) is 13.7. The van der Waals surface area contributed by atoms with E-state index in [0.717, 1.165) is 5.69 Å². The van der Waals surface area contributed by atoms with Gasteiger partial charge in [0.25, 0.3) is 11.5 Å². The van der Waals surface area contributed by atoms with Crippen molar-refractivity contribution in [2.45, 2.75) is 78.7 Å². The van der Waals surface area contributed by atoms with Gasteiger partial charge in [-0.1, -0.05) is 20.8 Å². The summed E-state index contributed by atoms with van der Waals surface area (Å²) in [6.07, 6.45) is 5.93. The van der Waals surface area contributed by atoms with Gasteiger partial charge in [0.15, 0.2) is 5.13 Å². The number of aromatic nitrogens is 3. The largest absolute Gasteiger partial charge is 0.466 e. The molecule has 0 bridgehead atoms. The number of anilines is 2. The maximum Gasteiger partial charge on any atom is 0.331 e. The van der Waals surface area contributed by atoms with E-state index < -0.39 is 11.6 Å². The summed E-state index contributed by atoms with van der Waals surface area (Å²) in [5.74, 6) is -0.604. The van der Waals surface area contributed by atoms with Gasteiger partial charge in [0.05, 0.1) is 17.9 Å². The van der Waals surface area contributed by atoms with Gasteiger partial charge in [-0.05, 0) is 64.7 Å². The number of nitrogens with one attached hydrogen (secondary N) is 1. The first-order valence-corrected chi connectivity index (χ1v) is 15.7. The number of nitrogens with zero attached hydrogens (tertiary/aromatic N) is 4. The van der Waals surface area contributed by atoms with Gasteiger partial charge in [-0.25, -0.2) is 14.8 Å². The molecular formula is C32H41N5O6S. The van der Waals surface area contributed by atoms with Crippen molar-refractivity contribution in [1.29, 1.82) is 0 Å². The van der Waals surface area contributed by atoms with E-state index in [1.54, 1.807) is 39.8 Å². The fourth-order valence-corrected chi connectivity index (χ4v) is 5.74. The van der Waals surface area contributed by atoms with Crippen LogP contribution in [0, 0.1) is 5.92 Å². The van der Waals surface area contributed by atoms with Crippen molar-refractivity contribution < 1.29 is 23.9 Å². The number of carbonyl (C=O) groups excluding carboxylic acids is 3. The van der Waals surface area contributed by atoms with E-state index >= 15 is 0 Å². The molecule has 3 aromatic heterocycles. The normalized spacial score (nSPS) is 14.7. The molecule has 4 rings (SSSR count). The summed E-state index contributed by atoms with van der Waals surface area (Å²) in [6, 6.07) is 3.11. The number of ether oxygens (including phenoxy) is 2. The van der Waals surface area contributed by atoms with E-state index in [1.807, 2.05) is 10.3 Å². The smallest absolute Gasteiger partial charge is 0.331 e. The van der Waals surface area contributed by atoms with E-state index in [9.17, 15) is 19.2 Å². The Hall–Kier alpha value is -4.06. The molecule has 4 heterocycles. The lowest BCUT2D eigenvalue weighted by molar-refractivity contribution is -0.148. The molecule has 0 aliphatic carbocycles. The summed E-state index contributed by atoms with van der Waals surface area (Å²) in [7, 11) is 0. The third-order valence-electron chi connectivity index (χ3n) is 7.07. The van der Waals surface area contributed by atoms with Crippen LogP contribution in [0.15, 0.2) is 34.6 Å². The van der Waals surface area contributed by atoms with Crippen LogP contribution in [-0.4, -0.2) is 57.5 Å². The van der Waals surface area contributed by atoms with Crippen LogP contribution in [0.5, 0.6) is 0 Å². The van der Waals surface area contributed by atoms with Crippen LogP contribution < -0.4 is 15.8 Å². The first-order valence-electron chi connectivity index (χ1n) is 14.8. The maximum absolute atomic E-state index is 13.8. The molecule has 3 aromatic rings. The Morgan fingerprint density at radius 3 is 2.43 bits per heavy atom. The number of pyridine rings is 1. The second kappa shape index (κ2) is 13.3.